The van der Waals surface area contributed by atoms with Crippen LogP contribution in [0, 0.1) is 6.92 Å². The normalized spacial score (nSPS) is 10.2. The van der Waals surface area contributed by atoms with Gasteiger partial charge in [-0.1, -0.05) is 18.2 Å². The number of nitrogens with zero attached hydrogens (tertiary/aromatic N) is 2. The Kier molecular flexibility index (Phi) is 4.47. The van der Waals surface area contributed by atoms with Gasteiger partial charge in [-0.15, -0.1) is 11.3 Å². The van der Waals surface area contributed by atoms with Gasteiger partial charge in [0.25, 0.3) is 0 Å². The zero-order valence-corrected chi connectivity index (χ0v) is 11.8. The molecule has 0 saturated carbocycles. The minimum absolute atomic E-state index is 0.104. The second-order valence-corrected chi connectivity index (χ2v) is 5.31. The van der Waals surface area contributed by atoms with Gasteiger partial charge in [0, 0.05) is 11.1 Å². The molecule has 0 unspecified atom stereocenters. The number of benzene rings is 1. The fraction of sp³-hybridized carbons (Fsp3) is 0.214. The van der Waals surface area contributed by atoms with Crippen molar-refractivity contribution < 1.29 is 14.7 Å². The van der Waals surface area contributed by atoms with Gasteiger partial charge in [-0.05, 0) is 19.1 Å². The number of rotatable bonds is 5. The first-order valence-corrected chi connectivity index (χ1v) is 6.92. The second kappa shape index (κ2) is 6.29. The molecule has 1 amide bonds. The van der Waals surface area contributed by atoms with Gasteiger partial charge in [-0.2, -0.15) is 0 Å². The number of anilines is 1. The summed E-state index contributed by atoms with van der Waals surface area (Å²) < 4.78 is 0. The topological polar surface area (TPSA) is 70.5 Å². The number of carboxylic acid groups (broad SMARTS) is 1. The van der Waals surface area contributed by atoms with E-state index in [1.807, 2.05) is 18.4 Å². The first kappa shape index (κ1) is 14.2. The summed E-state index contributed by atoms with van der Waals surface area (Å²) in [6.07, 6.45) is 0.104. The minimum atomic E-state index is -1.04. The van der Waals surface area contributed by atoms with Crippen molar-refractivity contribution in [1.29, 1.82) is 0 Å². The maximum atomic E-state index is 12.3. The quantitative estimate of drug-likeness (QED) is 0.915. The first-order chi connectivity index (χ1) is 9.56. The molecule has 6 heteroatoms. The number of carboxylic acids is 1. The lowest BCUT2D eigenvalue weighted by atomic mass is 10.2. The standard InChI is InChI=1S/C14H14N2O3S/c1-10-15-11(9-20-10)7-13(17)16(8-14(18)19)12-5-3-2-4-6-12/h2-6,9H,7-8H2,1H3,(H,18,19). The average Bonchev–Trinajstić information content (AvgIpc) is 2.82. The molecule has 20 heavy (non-hydrogen) atoms. The van der Waals surface area contributed by atoms with E-state index in [1.54, 1.807) is 24.3 Å². The Morgan fingerprint density at radius 1 is 1.30 bits per heavy atom. The number of amides is 1. The van der Waals surface area contributed by atoms with Crippen LogP contribution < -0.4 is 4.90 Å². The molecule has 104 valence electrons. The van der Waals surface area contributed by atoms with E-state index in [4.69, 9.17) is 5.11 Å². The van der Waals surface area contributed by atoms with E-state index in [2.05, 4.69) is 4.98 Å². The van der Waals surface area contributed by atoms with Crippen LogP contribution in [0.25, 0.3) is 0 Å². The molecule has 0 aliphatic carbocycles. The number of carbonyl (C=O) groups is 2. The molecule has 0 aliphatic heterocycles. The van der Waals surface area contributed by atoms with E-state index in [0.29, 0.717) is 11.4 Å². The maximum Gasteiger partial charge on any atom is 0.323 e. The van der Waals surface area contributed by atoms with Gasteiger partial charge in [-0.25, -0.2) is 4.98 Å². The highest BCUT2D eigenvalue weighted by Crippen LogP contribution is 2.16. The number of hydrogen-bond donors (Lipinski definition) is 1. The van der Waals surface area contributed by atoms with Crippen LogP contribution in [-0.2, 0) is 16.0 Å². The third-order valence-corrected chi connectivity index (χ3v) is 3.48. The summed E-state index contributed by atoms with van der Waals surface area (Å²) in [6, 6.07) is 8.78. The fourth-order valence-corrected chi connectivity index (χ4v) is 2.42. The number of thiazole rings is 1. The van der Waals surface area contributed by atoms with Crippen molar-refractivity contribution >= 4 is 28.9 Å². The molecular weight excluding hydrogens is 276 g/mol. The molecule has 1 heterocycles. The summed E-state index contributed by atoms with van der Waals surface area (Å²) in [5.74, 6) is -1.32. The molecule has 0 radical (unpaired) electrons. The van der Waals surface area contributed by atoms with Crippen LogP contribution in [-0.4, -0.2) is 28.5 Å². The van der Waals surface area contributed by atoms with Crippen molar-refractivity contribution in [1.82, 2.24) is 4.98 Å². The van der Waals surface area contributed by atoms with E-state index >= 15 is 0 Å². The van der Waals surface area contributed by atoms with Crippen LogP contribution in [0.5, 0.6) is 0 Å². The van der Waals surface area contributed by atoms with Crippen molar-refractivity contribution in [2.75, 3.05) is 11.4 Å². The van der Waals surface area contributed by atoms with Gasteiger partial charge in [0.05, 0.1) is 17.1 Å². The van der Waals surface area contributed by atoms with E-state index in [1.165, 1.54) is 16.2 Å². The molecule has 2 aromatic rings. The smallest absolute Gasteiger partial charge is 0.323 e. The summed E-state index contributed by atoms with van der Waals surface area (Å²) >= 11 is 1.47. The monoisotopic (exact) mass is 290 g/mol. The van der Waals surface area contributed by atoms with Crippen molar-refractivity contribution in [2.24, 2.45) is 0 Å². The molecule has 1 aromatic carbocycles. The molecule has 0 spiro atoms. The Morgan fingerprint density at radius 2 is 2.00 bits per heavy atom. The average molecular weight is 290 g/mol. The lowest BCUT2D eigenvalue weighted by molar-refractivity contribution is -0.136. The van der Waals surface area contributed by atoms with Gasteiger partial charge >= 0.3 is 5.97 Å². The Balaban J connectivity index is 2.18. The molecule has 0 saturated heterocycles. The summed E-state index contributed by atoms with van der Waals surface area (Å²) in [7, 11) is 0. The third-order valence-electron chi connectivity index (χ3n) is 2.66. The molecule has 2 rings (SSSR count). The van der Waals surface area contributed by atoms with Crippen molar-refractivity contribution in [3.63, 3.8) is 0 Å². The minimum Gasteiger partial charge on any atom is -0.480 e. The predicted octanol–water partition coefficient (Wildman–Crippen LogP) is 2.11. The van der Waals surface area contributed by atoms with Crippen molar-refractivity contribution in [3.05, 3.63) is 46.4 Å². The van der Waals surface area contributed by atoms with E-state index in [-0.39, 0.29) is 18.9 Å². The zero-order chi connectivity index (χ0) is 14.5. The summed E-state index contributed by atoms with van der Waals surface area (Å²) in [5.41, 5.74) is 1.25. The molecule has 0 atom stereocenters. The van der Waals surface area contributed by atoms with Gasteiger partial charge in [0.15, 0.2) is 0 Å². The van der Waals surface area contributed by atoms with Crippen molar-refractivity contribution in [3.8, 4) is 0 Å². The van der Waals surface area contributed by atoms with E-state index < -0.39 is 5.97 Å². The maximum absolute atomic E-state index is 12.3. The first-order valence-electron chi connectivity index (χ1n) is 6.04. The number of aliphatic carboxylic acids is 1. The predicted molar refractivity (Wildman–Crippen MR) is 77.0 cm³/mol. The van der Waals surface area contributed by atoms with Crippen LogP contribution in [0.3, 0.4) is 0 Å². The Hall–Kier alpha value is -2.21. The molecule has 0 aliphatic rings. The van der Waals surface area contributed by atoms with Crippen LogP contribution in [0.15, 0.2) is 35.7 Å². The van der Waals surface area contributed by atoms with E-state index in [9.17, 15) is 9.59 Å². The molecule has 1 N–H and O–H groups in total. The Labute approximate surface area is 120 Å². The number of aryl methyl sites for hydroxylation is 1. The Morgan fingerprint density at radius 3 is 2.55 bits per heavy atom. The van der Waals surface area contributed by atoms with Gasteiger partial charge in [0.1, 0.15) is 6.54 Å². The highest BCUT2D eigenvalue weighted by Gasteiger charge is 2.19. The van der Waals surface area contributed by atoms with Gasteiger partial charge in [-0.3, -0.25) is 9.59 Å². The highest BCUT2D eigenvalue weighted by atomic mass is 32.1. The summed E-state index contributed by atoms with van der Waals surface area (Å²) in [5, 5.41) is 11.7. The number of hydrogen-bond acceptors (Lipinski definition) is 4. The third kappa shape index (κ3) is 3.64. The molecular formula is C14H14N2O3S. The van der Waals surface area contributed by atoms with Crippen LogP contribution in [0.1, 0.15) is 10.7 Å². The molecule has 1 aromatic heterocycles. The molecule has 0 bridgehead atoms. The lowest BCUT2D eigenvalue weighted by Crippen LogP contribution is -2.36. The van der Waals surface area contributed by atoms with Crippen LogP contribution in [0.2, 0.25) is 0 Å². The summed E-state index contributed by atoms with van der Waals surface area (Å²) in [4.78, 5) is 28.7. The lowest BCUT2D eigenvalue weighted by Gasteiger charge is -2.20. The van der Waals surface area contributed by atoms with Gasteiger partial charge in [0.2, 0.25) is 5.91 Å². The van der Waals surface area contributed by atoms with Crippen LogP contribution >= 0.6 is 11.3 Å². The highest BCUT2D eigenvalue weighted by molar-refractivity contribution is 7.09. The fourth-order valence-electron chi connectivity index (χ4n) is 1.81. The number of aromatic nitrogens is 1. The molecule has 0 fully saturated rings. The van der Waals surface area contributed by atoms with Crippen LogP contribution in [0.4, 0.5) is 5.69 Å². The summed E-state index contributed by atoms with van der Waals surface area (Å²) in [6.45, 7) is 1.51. The number of carbonyl (C=O) groups excluding carboxylic acids is 1. The zero-order valence-electron chi connectivity index (χ0n) is 10.9. The second-order valence-electron chi connectivity index (χ2n) is 4.24. The van der Waals surface area contributed by atoms with Crippen molar-refractivity contribution in [2.45, 2.75) is 13.3 Å². The molecule has 5 nitrogen and oxygen atoms in total. The SMILES string of the molecule is Cc1nc(CC(=O)N(CC(=O)O)c2ccccc2)cs1. The van der Waals surface area contributed by atoms with E-state index in [0.717, 1.165) is 5.01 Å². The Bertz CT molecular complexity index is 610. The number of para-hydroxylation sites is 1. The largest absolute Gasteiger partial charge is 0.480 e. The van der Waals surface area contributed by atoms with Gasteiger partial charge < -0.3 is 10.0 Å².